The van der Waals surface area contributed by atoms with Crippen LogP contribution >= 0.6 is 0 Å². The summed E-state index contributed by atoms with van der Waals surface area (Å²) in [4.78, 5) is 29.6. The fourth-order valence-electron chi connectivity index (χ4n) is 3.55. The summed E-state index contributed by atoms with van der Waals surface area (Å²) in [6.07, 6.45) is 7.47. The zero-order chi connectivity index (χ0) is 17.2. The predicted molar refractivity (Wildman–Crippen MR) is 92.1 cm³/mol. The van der Waals surface area contributed by atoms with Gasteiger partial charge in [-0.1, -0.05) is 12.8 Å². The molecule has 1 aliphatic rings. The van der Waals surface area contributed by atoms with E-state index in [4.69, 9.17) is 4.42 Å². The summed E-state index contributed by atoms with van der Waals surface area (Å²) in [5.41, 5.74) is 1.21. The van der Waals surface area contributed by atoms with Gasteiger partial charge in [0.05, 0.1) is 18.3 Å². The molecule has 0 spiro atoms. The van der Waals surface area contributed by atoms with Gasteiger partial charge < -0.3 is 9.73 Å². The molecule has 0 radical (unpaired) electrons. The van der Waals surface area contributed by atoms with Gasteiger partial charge in [-0.25, -0.2) is 9.78 Å². The van der Waals surface area contributed by atoms with Crippen LogP contribution in [0.1, 0.15) is 37.5 Å². The molecule has 25 heavy (non-hydrogen) atoms. The third-order valence-corrected chi connectivity index (χ3v) is 4.75. The van der Waals surface area contributed by atoms with E-state index in [9.17, 15) is 9.59 Å². The number of fused-ring (bicyclic) bond motifs is 1. The molecule has 130 valence electrons. The Kier molecular flexibility index (Phi) is 4.13. The summed E-state index contributed by atoms with van der Waals surface area (Å²) in [5.74, 6) is 0.448. The second-order valence-electron chi connectivity index (χ2n) is 6.38. The number of furan rings is 1. The van der Waals surface area contributed by atoms with Gasteiger partial charge in [-0.05, 0) is 37.1 Å². The largest absolute Gasteiger partial charge is 0.467 e. The highest BCUT2D eigenvalue weighted by molar-refractivity contribution is 5.79. The van der Waals surface area contributed by atoms with Gasteiger partial charge in [0.15, 0.2) is 5.65 Å². The van der Waals surface area contributed by atoms with Crippen molar-refractivity contribution in [3.05, 3.63) is 53.0 Å². The summed E-state index contributed by atoms with van der Waals surface area (Å²) in [6.45, 7) is 0.279. The smallest absolute Gasteiger partial charge is 0.331 e. The van der Waals surface area contributed by atoms with Crippen LogP contribution in [0.4, 0.5) is 0 Å². The summed E-state index contributed by atoms with van der Waals surface area (Å²) in [5, 5.41) is 2.78. The van der Waals surface area contributed by atoms with E-state index in [-0.39, 0.29) is 24.2 Å². The molecular formula is C18H20N4O3. The standard InChI is InChI=1S/C18H20N4O3/c23-16(20-11-14-7-4-10-25-14)12-21-15-8-3-9-19-17(15)22(18(21)24)13-5-1-2-6-13/h3-4,7-10,13H,1-2,5-6,11-12H2,(H,20,23). The van der Waals surface area contributed by atoms with Crippen molar-refractivity contribution in [2.75, 3.05) is 0 Å². The molecule has 0 aromatic carbocycles. The summed E-state index contributed by atoms with van der Waals surface area (Å²) < 4.78 is 8.48. The molecule has 0 aliphatic heterocycles. The normalized spacial score (nSPS) is 15.0. The van der Waals surface area contributed by atoms with Crippen LogP contribution in [-0.2, 0) is 17.9 Å². The first-order chi connectivity index (χ1) is 12.2. The van der Waals surface area contributed by atoms with Crippen molar-refractivity contribution in [1.29, 1.82) is 0 Å². The number of amides is 1. The maximum absolute atomic E-state index is 12.9. The SMILES string of the molecule is O=C(Cn1c(=O)n(C2CCCC2)c2ncccc21)NCc1ccco1. The second kappa shape index (κ2) is 6.58. The molecule has 3 aromatic rings. The fourth-order valence-corrected chi connectivity index (χ4v) is 3.55. The average Bonchev–Trinajstić information content (AvgIpc) is 3.35. The highest BCUT2D eigenvalue weighted by atomic mass is 16.3. The Bertz CT molecular complexity index is 933. The Hall–Kier alpha value is -2.83. The first-order valence-corrected chi connectivity index (χ1v) is 8.59. The van der Waals surface area contributed by atoms with E-state index in [2.05, 4.69) is 10.3 Å². The number of rotatable bonds is 5. The van der Waals surface area contributed by atoms with Crippen LogP contribution in [0.15, 0.2) is 45.9 Å². The molecule has 0 atom stereocenters. The van der Waals surface area contributed by atoms with Crippen LogP contribution in [0.3, 0.4) is 0 Å². The Morgan fingerprint density at radius 3 is 2.88 bits per heavy atom. The zero-order valence-corrected chi connectivity index (χ0v) is 13.9. The number of carbonyl (C=O) groups is 1. The lowest BCUT2D eigenvalue weighted by atomic mass is 10.2. The second-order valence-corrected chi connectivity index (χ2v) is 6.38. The number of nitrogens with one attached hydrogen (secondary N) is 1. The maximum Gasteiger partial charge on any atom is 0.331 e. The third kappa shape index (κ3) is 2.97. The lowest BCUT2D eigenvalue weighted by molar-refractivity contribution is -0.121. The van der Waals surface area contributed by atoms with Crippen molar-refractivity contribution in [3.8, 4) is 0 Å². The van der Waals surface area contributed by atoms with E-state index in [1.807, 2.05) is 6.07 Å². The first-order valence-electron chi connectivity index (χ1n) is 8.59. The minimum absolute atomic E-state index is 0.0263. The van der Waals surface area contributed by atoms with Crippen molar-refractivity contribution >= 4 is 17.1 Å². The first kappa shape index (κ1) is 15.7. The van der Waals surface area contributed by atoms with Gasteiger partial charge in [-0.3, -0.25) is 13.9 Å². The van der Waals surface area contributed by atoms with Crippen LogP contribution < -0.4 is 11.0 Å². The van der Waals surface area contributed by atoms with Crippen molar-refractivity contribution in [1.82, 2.24) is 19.4 Å². The number of imidazole rings is 1. The van der Waals surface area contributed by atoms with Crippen molar-refractivity contribution in [2.45, 2.75) is 44.8 Å². The number of aromatic nitrogens is 3. The van der Waals surface area contributed by atoms with Gasteiger partial charge in [-0.15, -0.1) is 0 Å². The molecule has 1 saturated carbocycles. The molecule has 0 saturated heterocycles. The van der Waals surface area contributed by atoms with Crippen LogP contribution in [0.5, 0.6) is 0 Å². The average molecular weight is 340 g/mol. The molecule has 1 amide bonds. The number of nitrogens with zero attached hydrogens (tertiary/aromatic N) is 3. The molecular weight excluding hydrogens is 320 g/mol. The van der Waals surface area contributed by atoms with Crippen molar-refractivity contribution < 1.29 is 9.21 Å². The predicted octanol–water partition coefficient (Wildman–Crippen LogP) is 2.22. The summed E-state index contributed by atoms with van der Waals surface area (Å²) in [6, 6.07) is 7.37. The van der Waals surface area contributed by atoms with Crippen LogP contribution in [0, 0.1) is 0 Å². The quantitative estimate of drug-likeness (QED) is 0.772. The minimum Gasteiger partial charge on any atom is -0.467 e. The zero-order valence-electron chi connectivity index (χ0n) is 13.9. The van der Waals surface area contributed by atoms with Crippen molar-refractivity contribution in [3.63, 3.8) is 0 Å². The Balaban J connectivity index is 1.61. The van der Waals surface area contributed by atoms with Crippen LogP contribution in [0.2, 0.25) is 0 Å². The van der Waals surface area contributed by atoms with Gasteiger partial charge in [-0.2, -0.15) is 0 Å². The van der Waals surface area contributed by atoms with Gasteiger partial charge in [0.25, 0.3) is 0 Å². The highest BCUT2D eigenvalue weighted by Crippen LogP contribution is 2.30. The number of carbonyl (C=O) groups excluding carboxylic acids is 1. The molecule has 1 aliphatic carbocycles. The summed E-state index contributed by atoms with van der Waals surface area (Å²) in [7, 11) is 0. The van der Waals surface area contributed by atoms with E-state index in [0.717, 1.165) is 25.7 Å². The molecule has 0 unspecified atom stereocenters. The van der Waals surface area contributed by atoms with Gasteiger partial charge in [0, 0.05) is 12.2 Å². The van der Waals surface area contributed by atoms with E-state index in [1.165, 1.54) is 4.57 Å². The monoisotopic (exact) mass is 340 g/mol. The molecule has 1 fully saturated rings. The number of hydrogen-bond acceptors (Lipinski definition) is 4. The number of hydrogen-bond donors (Lipinski definition) is 1. The van der Waals surface area contributed by atoms with Crippen molar-refractivity contribution in [2.24, 2.45) is 0 Å². The van der Waals surface area contributed by atoms with E-state index >= 15 is 0 Å². The summed E-state index contributed by atoms with van der Waals surface area (Å²) >= 11 is 0. The van der Waals surface area contributed by atoms with Gasteiger partial charge in [0.1, 0.15) is 12.3 Å². The van der Waals surface area contributed by atoms with E-state index < -0.39 is 0 Å². The molecule has 7 heteroatoms. The molecule has 4 rings (SSSR count). The molecule has 3 heterocycles. The number of pyridine rings is 1. The Morgan fingerprint density at radius 1 is 1.28 bits per heavy atom. The lowest BCUT2D eigenvalue weighted by Crippen LogP contribution is -2.33. The van der Waals surface area contributed by atoms with Gasteiger partial charge >= 0.3 is 5.69 Å². The van der Waals surface area contributed by atoms with Crippen LogP contribution in [-0.4, -0.2) is 20.0 Å². The molecule has 0 bridgehead atoms. The highest BCUT2D eigenvalue weighted by Gasteiger charge is 2.24. The van der Waals surface area contributed by atoms with E-state index in [0.29, 0.717) is 23.5 Å². The Morgan fingerprint density at radius 2 is 2.12 bits per heavy atom. The topological polar surface area (TPSA) is 82.1 Å². The maximum atomic E-state index is 12.9. The van der Waals surface area contributed by atoms with Gasteiger partial charge in [0.2, 0.25) is 5.91 Å². The third-order valence-electron chi connectivity index (χ3n) is 4.75. The van der Waals surface area contributed by atoms with Crippen LogP contribution in [0.25, 0.3) is 11.2 Å². The molecule has 7 nitrogen and oxygen atoms in total. The Labute approximate surface area is 144 Å². The molecule has 1 N–H and O–H groups in total. The molecule has 3 aromatic heterocycles. The van der Waals surface area contributed by atoms with E-state index in [1.54, 1.807) is 35.2 Å². The lowest BCUT2D eigenvalue weighted by Gasteiger charge is -2.10. The minimum atomic E-state index is -0.229. The fraction of sp³-hybridized carbons (Fsp3) is 0.389.